The largest absolute Gasteiger partial charge is 0.497 e. The molecule has 220 valence electrons. The van der Waals surface area contributed by atoms with Crippen molar-refractivity contribution in [3.8, 4) is 39.2 Å². The van der Waals surface area contributed by atoms with Crippen molar-refractivity contribution >= 4 is 17.2 Å². The number of carbonyl (C=O) groups is 1. The van der Waals surface area contributed by atoms with Crippen molar-refractivity contribution in [3.63, 3.8) is 0 Å². The molecule has 0 atom stereocenters. The summed E-state index contributed by atoms with van der Waals surface area (Å²) in [5, 5.41) is 6.16. The minimum atomic E-state index is -0.0411. The second kappa shape index (κ2) is 13.7. The molecule has 2 aromatic carbocycles. The van der Waals surface area contributed by atoms with E-state index in [1.54, 1.807) is 32.7 Å². The molecule has 0 bridgehead atoms. The van der Waals surface area contributed by atoms with Gasteiger partial charge in [-0.2, -0.15) is 0 Å². The zero-order chi connectivity index (χ0) is 29.5. The molecule has 0 saturated carbocycles. The van der Waals surface area contributed by atoms with Crippen LogP contribution in [0.1, 0.15) is 53.7 Å². The average Bonchev–Trinajstić information content (AvgIpc) is 3.65. The van der Waals surface area contributed by atoms with Gasteiger partial charge in [-0.05, 0) is 93.5 Å². The number of carbonyl (C=O) groups excluding carboxylic acids is 1. The summed E-state index contributed by atoms with van der Waals surface area (Å²) in [5.74, 6) is 2.18. The maximum Gasteiger partial charge on any atom is 0.253 e. The molecule has 5 rings (SSSR count). The fourth-order valence-electron chi connectivity index (χ4n) is 5.47. The highest BCUT2D eigenvalue weighted by molar-refractivity contribution is 7.13. The van der Waals surface area contributed by atoms with Crippen LogP contribution in [0.3, 0.4) is 0 Å². The topological polar surface area (TPSA) is 74.6 Å². The number of rotatable bonds is 12. The molecular formula is C34H39N3O4S. The van der Waals surface area contributed by atoms with Crippen LogP contribution in [0.25, 0.3) is 22.0 Å². The van der Waals surface area contributed by atoms with Gasteiger partial charge >= 0.3 is 0 Å². The number of amides is 1. The first-order valence-corrected chi connectivity index (χ1v) is 15.4. The van der Waals surface area contributed by atoms with Crippen molar-refractivity contribution in [2.75, 3.05) is 27.9 Å². The Kier molecular flexibility index (Phi) is 9.64. The molecule has 0 spiro atoms. The van der Waals surface area contributed by atoms with Crippen LogP contribution < -0.4 is 19.5 Å². The highest BCUT2D eigenvalue weighted by atomic mass is 32.1. The molecule has 0 saturated heterocycles. The van der Waals surface area contributed by atoms with E-state index in [2.05, 4.69) is 27.4 Å². The van der Waals surface area contributed by atoms with Crippen molar-refractivity contribution in [2.45, 2.75) is 52.0 Å². The molecule has 2 heterocycles. The Morgan fingerprint density at radius 3 is 2.50 bits per heavy atom. The molecular weight excluding hydrogens is 546 g/mol. The SMILES string of the molecule is COc1ccc(-c2nc(-c3cc(C(=O)NCCC4=CCCCC4)c(C)n3CCc3ccc(OC)c(OC)c3)cs2)cc1. The first-order chi connectivity index (χ1) is 20.5. The van der Waals surface area contributed by atoms with Gasteiger partial charge in [-0.1, -0.05) is 17.7 Å². The van der Waals surface area contributed by atoms with E-state index in [1.165, 1.54) is 18.4 Å². The van der Waals surface area contributed by atoms with Crippen LogP contribution in [0.2, 0.25) is 0 Å². The Hall–Kier alpha value is -4.04. The van der Waals surface area contributed by atoms with Gasteiger partial charge in [0.1, 0.15) is 10.8 Å². The molecule has 2 aromatic heterocycles. The number of hydrogen-bond donors (Lipinski definition) is 1. The summed E-state index contributed by atoms with van der Waals surface area (Å²) in [6.45, 7) is 3.36. The number of allylic oxidation sites excluding steroid dienone is 1. The van der Waals surface area contributed by atoms with E-state index in [4.69, 9.17) is 19.2 Å². The van der Waals surface area contributed by atoms with E-state index < -0.39 is 0 Å². The highest BCUT2D eigenvalue weighted by Gasteiger charge is 2.21. The number of methoxy groups -OCH3 is 3. The quantitative estimate of drug-likeness (QED) is 0.175. The summed E-state index contributed by atoms with van der Waals surface area (Å²) >= 11 is 1.59. The van der Waals surface area contributed by atoms with Gasteiger partial charge < -0.3 is 24.1 Å². The van der Waals surface area contributed by atoms with Crippen LogP contribution in [-0.4, -0.2) is 43.3 Å². The Morgan fingerprint density at radius 1 is 0.976 bits per heavy atom. The standard InChI is InChI=1S/C34H39N3O4S/c1-23-28(33(38)35-18-16-24-8-6-5-7-9-24)21-30(29-22-42-34(36-29)26-11-13-27(39-2)14-12-26)37(23)19-17-25-10-15-31(40-3)32(20-25)41-4/h8,10-15,20-22H,5-7,9,16-19H2,1-4H3,(H,35,38). The number of thiazole rings is 1. The molecule has 8 heteroatoms. The number of nitrogens with zero attached hydrogens (tertiary/aromatic N) is 2. The summed E-state index contributed by atoms with van der Waals surface area (Å²) in [6.07, 6.45) is 8.82. The second-order valence-corrected chi connectivity index (χ2v) is 11.4. The summed E-state index contributed by atoms with van der Waals surface area (Å²) < 4.78 is 18.4. The van der Waals surface area contributed by atoms with E-state index in [0.29, 0.717) is 30.2 Å². The number of nitrogens with one attached hydrogen (secondary N) is 1. The Bertz CT molecular complexity index is 1550. The zero-order valence-electron chi connectivity index (χ0n) is 24.9. The van der Waals surface area contributed by atoms with Crippen LogP contribution in [0.5, 0.6) is 17.2 Å². The molecule has 1 amide bonds. The van der Waals surface area contributed by atoms with Crippen LogP contribution in [0.15, 0.2) is 65.6 Å². The third kappa shape index (κ3) is 6.71. The molecule has 0 aliphatic heterocycles. The van der Waals surface area contributed by atoms with Crippen LogP contribution in [-0.2, 0) is 13.0 Å². The predicted molar refractivity (Wildman–Crippen MR) is 169 cm³/mol. The lowest BCUT2D eigenvalue weighted by Crippen LogP contribution is -2.25. The molecule has 1 aliphatic rings. The number of aromatic nitrogens is 2. The molecule has 0 unspecified atom stereocenters. The summed E-state index contributed by atoms with van der Waals surface area (Å²) in [7, 11) is 4.95. The minimum Gasteiger partial charge on any atom is -0.497 e. The Balaban J connectivity index is 1.41. The monoisotopic (exact) mass is 585 g/mol. The van der Waals surface area contributed by atoms with Crippen LogP contribution >= 0.6 is 11.3 Å². The number of ether oxygens (including phenoxy) is 3. The predicted octanol–water partition coefficient (Wildman–Crippen LogP) is 7.48. The zero-order valence-corrected chi connectivity index (χ0v) is 25.7. The summed E-state index contributed by atoms with van der Waals surface area (Å²) in [4.78, 5) is 18.4. The summed E-state index contributed by atoms with van der Waals surface area (Å²) in [6, 6.07) is 15.9. The number of hydrogen-bond acceptors (Lipinski definition) is 6. The van der Waals surface area contributed by atoms with Crippen LogP contribution in [0.4, 0.5) is 0 Å². The van der Waals surface area contributed by atoms with Crippen molar-refractivity contribution < 1.29 is 19.0 Å². The number of aryl methyl sites for hydroxylation is 1. The van der Waals surface area contributed by atoms with Gasteiger partial charge in [0.2, 0.25) is 0 Å². The van der Waals surface area contributed by atoms with Gasteiger partial charge in [-0.3, -0.25) is 4.79 Å². The first kappa shape index (κ1) is 29.5. The van der Waals surface area contributed by atoms with Crippen LogP contribution in [0, 0.1) is 6.92 Å². The smallest absolute Gasteiger partial charge is 0.253 e. The molecule has 42 heavy (non-hydrogen) atoms. The van der Waals surface area contributed by atoms with Crippen molar-refractivity contribution in [2.24, 2.45) is 0 Å². The molecule has 0 fully saturated rings. The number of benzene rings is 2. The fourth-order valence-corrected chi connectivity index (χ4v) is 6.29. The van der Waals surface area contributed by atoms with Gasteiger partial charge in [-0.15, -0.1) is 11.3 Å². The maximum atomic E-state index is 13.4. The fraction of sp³-hybridized carbons (Fsp3) is 0.353. The Labute approximate surface area is 252 Å². The van der Waals surface area contributed by atoms with Gasteiger partial charge in [0.25, 0.3) is 5.91 Å². The molecule has 0 radical (unpaired) electrons. The molecule has 4 aromatic rings. The molecule has 1 N–H and O–H groups in total. The van der Waals surface area contributed by atoms with E-state index in [9.17, 15) is 4.79 Å². The van der Waals surface area contributed by atoms with Gasteiger partial charge in [0.15, 0.2) is 11.5 Å². The van der Waals surface area contributed by atoms with E-state index in [-0.39, 0.29) is 5.91 Å². The normalized spacial score (nSPS) is 13.0. The van der Waals surface area contributed by atoms with Gasteiger partial charge in [0, 0.05) is 29.7 Å². The third-order valence-corrected chi connectivity index (χ3v) is 8.79. The summed E-state index contributed by atoms with van der Waals surface area (Å²) in [5.41, 5.74) is 7.02. The van der Waals surface area contributed by atoms with E-state index in [0.717, 1.165) is 64.6 Å². The van der Waals surface area contributed by atoms with Crippen molar-refractivity contribution in [1.82, 2.24) is 14.9 Å². The minimum absolute atomic E-state index is 0.0411. The lowest BCUT2D eigenvalue weighted by Gasteiger charge is -2.14. The van der Waals surface area contributed by atoms with Crippen molar-refractivity contribution in [1.29, 1.82) is 0 Å². The Morgan fingerprint density at radius 2 is 1.79 bits per heavy atom. The second-order valence-electron chi connectivity index (χ2n) is 10.5. The van der Waals surface area contributed by atoms with Gasteiger partial charge in [-0.25, -0.2) is 4.98 Å². The highest BCUT2D eigenvalue weighted by Crippen LogP contribution is 2.33. The average molecular weight is 586 g/mol. The third-order valence-electron chi connectivity index (χ3n) is 7.90. The lowest BCUT2D eigenvalue weighted by atomic mass is 9.97. The van der Waals surface area contributed by atoms with Crippen molar-refractivity contribution in [3.05, 3.63) is 82.4 Å². The van der Waals surface area contributed by atoms with E-state index in [1.807, 2.05) is 49.4 Å². The molecule has 1 aliphatic carbocycles. The van der Waals surface area contributed by atoms with Gasteiger partial charge in [0.05, 0.1) is 38.3 Å². The van der Waals surface area contributed by atoms with E-state index >= 15 is 0 Å². The lowest BCUT2D eigenvalue weighted by molar-refractivity contribution is 0.0953. The molecule has 7 nitrogen and oxygen atoms in total. The first-order valence-electron chi connectivity index (χ1n) is 14.5. The maximum absolute atomic E-state index is 13.4.